The van der Waals surface area contributed by atoms with Crippen molar-refractivity contribution in [1.29, 1.82) is 0 Å². The van der Waals surface area contributed by atoms with Crippen molar-refractivity contribution >= 4 is 5.91 Å². The molecule has 0 atom stereocenters. The number of phenols is 2. The summed E-state index contributed by atoms with van der Waals surface area (Å²) in [5.74, 6) is -0.540. The summed E-state index contributed by atoms with van der Waals surface area (Å²) in [6, 6.07) is 3.69. The minimum Gasteiger partial charge on any atom is -0.508 e. The van der Waals surface area contributed by atoms with Gasteiger partial charge < -0.3 is 20.1 Å². The predicted octanol–water partition coefficient (Wildman–Crippen LogP) is 0.411. The van der Waals surface area contributed by atoms with Gasteiger partial charge in [-0.3, -0.25) is 4.79 Å². The summed E-state index contributed by atoms with van der Waals surface area (Å²) in [6.45, 7) is 0.0738. The molecule has 0 spiro atoms. The fourth-order valence-electron chi connectivity index (χ4n) is 1.23. The first-order valence-electron chi connectivity index (χ1n) is 4.72. The Bertz CT molecular complexity index is 524. The van der Waals surface area contributed by atoms with Crippen molar-refractivity contribution in [2.75, 3.05) is 0 Å². The number of carbonyl (C=O) groups excluding carboxylic acids is 1. The van der Waals surface area contributed by atoms with Crippen LogP contribution in [0, 0.1) is 0 Å². The largest absolute Gasteiger partial charge is 0.508 e. The first-order valence-corrected chi connectivity index (χ1v) is 4.72. The average Bonchev–Trinajstić information content (AvgIpc) is 2.82. The Kier molecular flexibility index (Phi) is 2.91. The molecule has 1 heterocycles. The first-order chi connectivity index (χ1) is 8.16. The molecule has 0 bridgehead atoms. The third-order valence-electron chi connectivity index (χ3n) is 2.04. The summed E-state index contributed by atoms with van der Waals surface area (Å²) in [5, 5.41) is 24.6. The standard InChI is InChI=1S/C10H9N3O4/c14-6-1-2-8(15)7(3-6)10(16)11-4-9-12-5-17-13-9/h1-3,5,14-15H,4H2,(H,11,16). The molecule has 1 amide bonds. The monoisotopic (exact) mass is 235 g/mol. The lowest BCUT2D eigenvalue weighted by Gasteiger charge is -2.05. The number of rotatable bonds is 3. The van der Waals surface area contributed by atoms with Gasteiger partial charge in [0.05, 0.1) is 12.1 Å². The van der Waals surface area contributed by atoms with Crippen molar-refractivity contribution in [2.24, 2.45) is 0 Å². The van der Waals surface area contributed by atoms with Crippen LogP contribution in [0.25, 0.3) is 0 Å². The topological polar surface area (TPSA) is 108 Å². The highest BCUT2D eigenvalue weighted by Gasteiger charge is 2.12. The zero-order chi connectivity index (χ0) is 12.3. The number of carbonyl (C=O) groups is 1. The van der Waals surface area contributed by atoms with Gasteiger partial charge in [-0.15, -0.1) is 0 Å². The van der Waals surface area contributed by atoms with E-state index in [1.165, 1.54) is 18.2 Å². The number of hydrogen-bond acceptors (Lipinski definition) is 6. The quantitative estimate of drug-likeness (QED) is 0.665. The second-order valence-electron chi connectivity index (χ2n) is 3.23. The fourth-order valence-corrected chi connectivity index (χ4v) is 1.23. The molecule has 1 aromatic heterocycles. The van der Waals surface area contributed by atoms with Gasteiger partial charge in [0.1, 0.15) is 11.5 Å². The summed E-state index contributed by atoms with van der Waals surface area (Å²) >= 11 is 0. The second kappa shape index (κ2) is 4.52. The molecule has 0 aliphatic rings. The van der Waals surface area contributed by atoms with Crippen LogP contribution in [0.4, 0.5) is 0 Å². The molecule has 17 heavy (non-hydrogen) atoms. The van der Waals surface area contributed by atoms with Crippen molar-refractivity contribution in [3.8, 4) is 11.5 Å². The number of benzene rings is 1. The van der Waals surface area contributed by atoms with Crippen LogP contribution in [-0.4, -0.2) is 26.3 Å². The molecule has 0 aliphatic heterocycles. The van der Waals surface area contributed by atoms with Gasteiger partial charge in [0.25, 0.3) is 5.91 Å². The number of nitrogens with zero attached hydrogens (tertiary/aromatic N) is 2. The summed E-state index contributed by atoms with van der Waals surface area (Å²) in [4.78, 5) is 15.4. The van der Waals surface area contributed by atoms with Gasteiger partial charge in [0.2, 0.25) is 6.39 Å². The lowest BCUT2D eigenvalue weighted by Crippen LogP contribution is -2.23. The summed E-state index contributed by atoms with van der Waals surface area (Å²) < 4.78 is 4.49. The lowest BCUT2D eigenvalue weighted by molar-refractivity contribution is 0.0946. The maximum absolute atomic E-state index is 11.6. The Hall–Kier alpha value is -2.57. The van der Waals surface area contributed by atoms with E-state index in [0.717, 1.165) is 6.39 Å². The van der Waals surface area contributed by atoms with Gasteiger partial charge in [0.15, 0.2) is 5.82 Å². The fraction of sp³-hybridized carbons (Fsp3) is 0.100. The Morgan fingerprint density at radius 3 is 2.94 bits per heavy atom. The summed E-state index contributed by atoms with van der Waals surface area (Å²) in [5.41, 5.74) is -0.0199. The van der Waals surface area contributed by atoms with Crippen LogP contribution in [-0.2, 0) is 6.54 Å². The number of aromatic nitrogens is 2. The number of nitrogens with one attached hydrogen (secondary N) is 1. The number of hydrogen-bond donors (Lipinski definition) is 3. The van der Waals surface area contributed by atoms with Gasteiger partial charge >= 0.3 is 0 Å². The van der Waals surface area contributed by atoms with E-state index in [2.05, 4.69) is 20.0 Å². The molecular formula is C10H9N3O4. The van der Waals surface area contributed by atoms with E-state index in [-0.39, 0.29) is 23.6 Å². The van der Waals surface area contributed by atoms with Gasteiger partial charge in [-0.05, 0) is 18.2 Å². The van der Waals surface area contributed by atoms with Crippen molar-refractivity contribution in [3.63, 3.8) is 0 Å². The minimum absolute atomic E-state index is 0.0199. The van der Waals surface area contributed by atoms with Crippen molar-refractivity contribution < 1.29 is 19.5 Å². The third-order valence-corrected chi connectivity index (χ3v) is 2.04. The van der Waals surface area contributed by atoms with Crippen LogP contribution in [0.2, 0.25) is 0 Å². The van der Waals surface area contributed by atoms with E-state index in [4.69, 9.17) is 0 Å². The maximum atomic E-state index is 11.6. The van der Waals surface area contributed by atoms with E-state index < -0.39 is 5.91 Å². The minimum atomic E-state index is -0.539. The average molecular weight is 235 g/mol. The molecule has 0 aliphatic carbocycles. The zero-order valence-electron chi connectivity index (χ0n) is 8.62. The van der Waals surface area contributed by atoms with Gasteiger partial charge in [0, 0.05) is 0 Å². The van der Waals surface area contributed by atoms with Crippen LogP contribution >= 0.6 is 0 Å². The lowest BCUT2D eigenvalue weighted by atomic mass is 10.2. The molecule has 0 fully saturated rings. The second-order valence-corrected chi connectivity index (χ2v) is 3.23. The van der Waals surface area contributed by atoms with Crippen molar-refractivity contribution in [2.45, 2.75) is 6.54 Å². The first kappa shape index (κ1) is 10.9. The van der Waals surface area contributed by atoms with Crippen molar-refractivity contribution in [1.82, 2.24) is 15.5 Å². The van der Waals surface area contributed by atoms with Crippen LogP contribution in [0.3, 0.4) is 0 Å². The maximum Gasteiger partial charge on any atom is 0.255 e. The van der Waals surface area contributed by atoms with E-state index >= 15 is 0 Å². The highest BCUT2D eigenvalue weighted by Crippen LogP contribution is 2.21. The number of aromatic hydroxyl groups is 2. The Labute approximate surface area is 95.7 Å². The summed E-state index contributed by atoms with van der Waals surface area (Å²) in [6.07, 6.45) is 1.15. The third kappa shape index (κ3) is 2.51. The van der Waals surface area contributed by atoms with Crippen LogP contribution in [0.1, 0.15) is 16.2 Å². The highest BCUT2D eigenvalue weighted by atomic mass is 16.5. The molecule has 1 aromatic carbocycles. The van der Waals surface area contributed by atoms with Gasteiger partial charge in [-0.25, -0.2) is 0 Å². The number of amides is 1. The molecule has 7 heteroatoms. The Balaban J connectivity index is 2.07. The smallest absolute Gasteiger partial charge is 0.255 e. The van der Waals surface area contributed by atoms with Crippen LogP contribution < -0.4 is 5.32 Å². The van der Waals surface area contributed by atoms with Crippen LogP contribution in [0.5, 0.6) is 11.5 Å². The Morgan fingerprint density at radius 2 is 2.24 bits per heavy atom. The normalized spacial score (nSPS) is 10.1. The molecule has 88 valence electrons. The highest BCUT2D eigenvalue weighted by molar-refractivity contribution is 5.97. The molecule has 2 aromatic rings. The summed E-state index contributed by atoms with van der Waals surface area (Å²) in [7, 11) is 0. The van der Waals surface area contributed by atoms with Gasteiger partial charge in [-0.2, -0.15) is 4.98 Å². The SMILES string of the molecule is O=C(NCc1ncon1)c1cc(O)ccc1O. The van der Waals surface area contributed by atoms with Crippen LogP contribution in [0.15, 0.2) is 29.1 Å². The molecule has 2 rings (SSSR count). The molecule has 0 saturated heterocycles. The van der Waals surface area contributed by atoms with Gasteiger partial charge in [-0.1, -0.05) is 5.16 Å². The van der Waals surface area contributed by atoms with Crippen molar-refractivity contribution in [3.05, 3.63) is 36.0 Å². The molecule has 0 saturated carbocycles. The Morgan fingerprint density at radius 1 is 1.41 bits per heavy atom. The predicted molar refractivity (Wildman–Crippen MR) is 55.2 cm³/mol. The molecular weight excluding hydrogens is 226 g/mol. The van der Waals surface area contributed by atoms with E-state index in [1.54, 1.807) is 0 Å². The molecule has 7 nitrogen and oxygen atoms in total. The zero-order valence-corrected chi connectivity index (χ0v) is 8.62. The van der Waals surface area contributed by atoms with E-state index in [0.29, 0.717) is 5.82 Å². The molecule has 3 N–H and O–H groups in total. The number of phenolic OH excluding ortho intramolecular Hbond substituents is 2. The molecule has 0 radical (unpaired) electrons. The van der Waals surface area contributed by atoms with E-state index in [9.17, 15) is 15.0 Å². The van der Waals surface area contributed by atoms with E-state index in [1.807, 2.05) is 0 Å². The molecule has 0 unspecified atom stereocenters.